The molecular weight excluding hydrogens is 298 g/mol. The number of rotatable bonds is 4. The zero-order valence-electron chi connectivity index (χ0n) is 14.7. The van der Waals surface area contributed by atoms with Crippen LogP contribution in [0.4, 0.5) is 0 Å². The quantitative estimate of drug-likeness (QED) is 0.727. The topological polar surface area (TPSA) is 38.1 Å². The van der Waals surface area contributed by atoms with Gasteiger partial charge in [-0.2, -0.15) is 0 Å². The second-order valence-electron chi connectivity index (χ2n) is 6.06. The lowest BCUT2D eigenvalue weighted by Crippen LogP contribution is -2.30. The minimum Gasteiger partial charge on any atom is -0.349 e. The third-order valence-electron chi connectivity index (χ3n) is 4.45. The number of nitrogens with zero attached hydrogens (tertiary/aromatic N) is 3. The average molecular weight is 321 g/mol. The van der Waals surface area contributed by atoms with E-state index in [0.29, 0.717) is 13.1 Å². The number of amides is 1. The van der Waals surface area contributed by atoms with E-state index >= 15 is 0 Å². The molecule has 2 aromatic heterocycles. The second kappa shape index (κ2) is 6.48. The lowest BCUT2D eigenvalue weighted by molar-refractivity contribution is 0.0775. The largest absolute Gasteiger partial charge is 0.349 e. The van der Waals surface area contributed by atoms with Crippen LogP contribution in [0.1, 0.15) is 29.8 Å². The summed E-state index contributed by atoms with van der Waals surface area (Å²) >= 11 is 0. The summed E-state index contributed by atoms with van der Waals surface area (Å²) < 4.78 is 2.02. The van der Waals surface area contributed by atoms with Crippen molar-refractivity contribution in [3.63, 3.8) is 0 Å². The van der Waals surface area contributed by atoms with Crippen molar-refractivity contribution in [3.05, 3.63) is 53.7 Å². The molecule has 124 valence electrons. The number of pyridine rings is 1. The number of carbonyl (C=O) groups excluding carboxylic acids is 1. The fourth-order valence-corrected chi connectivity index (χ4v) is 3.06. The van der Waals surface area contributed by atoms with Gasteiger partial charge in [0.05, 0.1) is 22.5 Å². The normalized spacial score (nSPS) is 11.0. The van der Waals surface area contributed by atoms with Crippen LogP contribution in [0.3, 0.4) is 0 Å². The molecule has 1 amide bonds. The van der Waals surface area contributed by atoms with Crippen molar-refractivity contribution >= 4 is 16.8 Å². The Morgan fingerprint density at radius 1 is 1.17 bits per heavy atom. The van der Waals surface area contributed by atoms with Crippen LogP contribution in [0, 0.1) is 6.92 Å². The minimum atomic E-state index is 0.0634. The standard InChI is InChI=1S/C20H23N3O/c1-5-23(6-2)20(24)16-13-18(19-8-7-11-22(19)4)21-17-10-9-14(3)12-15(16)17/h7-13H,5-6H2,1-4H3. The zero-order chi connectivity index (χ0) is 17.3. The summed E-state index contributed by atoms with van der Waals surface area (Å²) in [6.07, 6.45) is 1.99. The summed E-state index contributed by atoms with van der Waals surface area (Å²) in [7, 11) is 1.99. The van der Waals surface area contributed by atoms with Crippen LogP contribution < -0.4 is 0 Å². The van der Waals surface area contributed by atoms with E-state index in [0.717, 1.165) is 33.4 Å². The minimum absolute atomic E-state index is 0.0634. The molecule has 0 N–H and O–H groups in total. The maximum absolute atomic E-state index is 13.0. The Morgan fingerprint density at radius 2 is 1.92 bits per heavy atom. The Labute approximate surface area is 142 Å². The highest BCUT2D eigenvalue weighted by Crippen LogP contribution is 2.26. The third-order valence-corrected chi connectivity index (χ3v) is 4.45. The van der Waals surface area contributed by atoms with Crippen molar-refractivity contribution in [1.29, 1.82) is 0 Å². The maximum Gasteiger partial charge on any atom is 0.254 e. The number of aromatic nitrogens is 2. The average Bonchev–Trinajstić information content (AvgIpc) is 3.01. The van der Waals surface area contributed by atoms with Crippen LogP contribution in [0.25, 0.3) is 22.3 Å². The molecular formula is C20H23N3O. The Kier molecular flexibility index (Phi) is 4.38. The highest BCUT2D eigenvalue weighted by atomic mass is 16.2. The summed E-state index contributed by atoms with van der Waals surface area (Å²) in [6.45, 7) is 7.45. The van der Waals surface area contributed by atoms with Gasteiger partial charge in [-0.25, -0.2) is 4.98 Å². The predicted octanol–water partition coefficient (Wildman–Crippen LogP) is 4.03. The molecule has 0 fully saturated rings. The van der Waals surface area contributed by atoms with E-state index in [4.69, 9.17) is 4.98 Å². The predicted molar refractivity (Wildman–Crippen MR) is 98.1 cm³/mol. The molecule has 24 heavy (non-hydrogen) atoms. The van der Waals surface area contributed by atoms with E-state index in [1.165, 1.54) is 0 Å². The molecule has 0 aliphatic carbocycles. The van der Waals surface area contributed by atoms with Gasteiger partial charge < -0.3 is 9.47 Å². The van der Waals surface area contributed by atoms with E-state index in [9.17, 15) is 4.79 Å². The first-order chi connectivity index (χ1) is 11.5. The van der Waals surface area contributed by atoms with E-state index in [2.05, 4.69) is 0 Å². The van der Waals surface area contributed by atoms with Crippen molar-refractivity contribution in [1.82, 2.24) is 14.5 Å². The molecule has 4 heteroatoms. The number of aryl methyl sites for hydroxylation is 2. The molecule has 3 aromatic rings. The number of hydrogen-bond donors (Lipinski definition) is 0. The smallest absolute Gasteiger partial charge is 0.254 e. The van der Waals surface area contributed by atoms with Crippen molar-refractivity contribution in [2.24, 2.45) is 7.05 Å². The first-order valence-electron chi connectivity index (χ1n) is 8.37. The summed E-state index contributed by atoms with van der Waals surface area (Å²) in [6, 6.07) is 12.0. The van der Waals surface area contributed by atoms with Gasteiger partial charge in [-0.05, 0) is 51.1 Å². The molecule has 0 atom stereocenters. The van der Waals surface area contributed by atoms with Crippen LogP contribution >= 0.6 is 0 Å². The number of hydrogen-bond acceptors (Lipinski definition) is 2. The Balaban J connectivity index is 2.26. The molecule has 0 bridgehead atoms. The highest BCUT2D eigenvalue weighted by molar-refractivity contribution is 6.07. The van der Waals surface area contributed by atoms with Crippen LogP contribution in [0.2, 0.25) is 0 Å². The van der Waals surface area contributed by atoms with Gasteiger partial charge in [0, 0.05) is 31.7 Å². The molecule has 0 spiro atoms. The van der Waals surface area contributed by atoms with Crippen LogP contribution in [0.15, 0.2) is 42.6 Å². The molecule has 0 unspecified atom stereocenters. The van der Waals surface area contributed by atoms with Gasteiger partial charge in [-0.15, -0.1) is 0 Å². The van der Waals surface area contributed by atoms with E-state index < -0.39 is 0 Å². The molecule has 0 saturated heterocycles. The maximum atomic E-state index is 13.0. The molecule has 3 rings (SSSR count). The Morgan fingerprint density at radius 3 is 2.54 bits per heavy atom. The van der Waals surface area contributed by atoms with E-state index in [1.807, 2.05) is 79.9 Å². The number of carbonyl (C=O) groups is 1. The van der Waals surface area contributed by atoms with Crippen LogP contribution in [-0.2, 0) is 7.05 Å². The van der Waals surface area contributed by atoms with Gasteiger partial charge >= 0.3 is 0 Å². The Bertz CT molecular complexity index is 891. The highest BCUT2D eigenvalue weighted by Gasteiger charge is 2.18. The fraction of sp³-hybridized carbons (Fsp3) is 0.300. The summed E-state index contributed by atoms with van der Waals surface area (Å²) in [4.78, 5) is 19.7. The SMILES string of the molecule is CCN(CC)C(=O)c1cc(-c2cccn2C)nc2ccc(C)cc12. The van der Waals surface area contributed by atoms with Gasteiger partial charge in [0.25, 0.3) is 5.91 Å². The third kappa shape index (κ3) is 2.80. The van der Waals surface area contributed by atoms with Crippen molar-refractivity contribution < 1.29 is 4.79 Å². The molecule has 4 nitrogen and oxygen atoms in total. The summed E-state index contributed by atoms with van der Waals surface area (Å²) in [5.74, 6) is 0.0634. The van der Waals surface area contributed by atoms with E-state index in [1.54, 1.807) is 0 Å². The van der Waals surface area contributed by atoms with Crippen LogP contribution in [0.5, 0.6) is 0 Å². The monoisotopic (exact) mass is 321 g/mol. The molecule has 0 radical (unpaired) electrons. The fourth-order valence-electron chi connectivity index (χ4n) is 3.06. The number of benzene rings is 1. The van der Waals surface area contributed by atoms with Gasteiger partial charge in [-0.1, -0.05) is 11.6 Å². The first-order valence-corrected chi connectivity index (χ1v) is 8.37. The molecule has 0 aliphatic rings. The van der Waals surface area contributed by atoms with Gasteiger partial charge in [0.2, 0.25) is 0 Å². The summed E-state index contributed by atoms with van der Waals surface area (Å²) in [5, 5.41) is 0.921. The van der Waals surface area contributed by atoms with Gasteiger partial charge in [0.15, 0.2) is 0 Å². The first kappa shape index (κ1) is 16.2. The number of fused-ring (bicyclic) bond motifs is 1. The van der Waals surface area contributed by atoms with Crippen molar-refractivity contribution in [3.8, 4) is 11.4 Å². The molecule has 0 saturated carbocycles. The Hall–Kier alpha value is -2.62. The van der Waals surface area contributed by atoms with Crippen molar-refractivity contribution in [2.45, 2.75) is 20.8 Å². The summed E-state index contributed by atoms with van der Waals surface area (Å²) in [5.41, 5.74) is 4.54. The molecule has 0 aliphatic heterocycles. The molecule has 1 aromatic carbocycles. The van der Waals surface area contributed by atoms with E-state index in [-0.39, 0.29) is 5.91 Å². The second-order valence-corrected chi connectivity index (χ2v) is 6.06. The lowest BCUT2D eigenvalue weighted by atomic mass is 10.0. The van der Waals surface area contributed by atoms with Gasteiger partial charge in [-0.3, -0.25) is 4.79 Å². The van der Waals surface area contributed by atoms with Crippen LogP contribution in [-0.4, -0.2) is 33.4 Å². The van der Waals surface area contributed by atoms with Crippen molar-refractivity contribution in [2.75, 3.05) is 13.1 Å². The zero-order valence-corrected chi connectivity index (χ0v) is 14.7. The van der Waals surface area contributed by atoms with Gasteiger partial charge in [0.1, 0.15) is 0 Å². The molecule has 2 heterocycles. The lowest BCUT2D eigenvalue weighted by Gasteiger charge is -2.20.